The van der Waals surface area contributed by atoms with Crippen molar-refractivity contribution < 1.29 is 4.79 Å². The SMILES string of the molecule is CC[C@@H](N)C(=O)NCC(c1cccs1)N(C)C. The quantitative estimate of drug-likeness (QED) is 0.803. The van der Waals surface area contributed by atoms with Crippen molar-refractivity contribution in [3.8, 4) is 0 Å². The first-order chi connectivity index (χ1) is 8.06. The van der Waals surface area contributed by atoms with Crippen LogP contribution in [-0.2, 0) is 4.79 Å². The van der Waals surface area contributed by atoms with Gasteiger partial charge in [-0.25, -0.2) is 0 Å². The van der Waals surface area contributed by atoms with Crippen molar-refractivity contribution >= 4 is 17.2 Å². The number of nitrogens with two attached hydrogens (primary N) is 1. The van der Waals surface area contributed by atoms with E-state index in [0.717, 1.165) is 0 Å². The smallest absolute Gasteiger partial charge is 0.236 e. The number of hydrogen-bond donors (Lipinski definition) is 2. The highest BCUT2D eigenvalue weighted by Gasteiger charge is 2.17. The van der Waals surface area contributed by atoms with Crippen molar-refractivity contribution in [3.63, 3.8) is 0 Å². The molecule has 5 heteroatoms. The topological polar surface area (TPSA) is 58.4 Å². The van der Waals surface area contributed by atoms with Crippen LogP contribution < -0.4 is 11.1 Å². The first kappa shape index (κ1) is 14.2. The normalized spacial score (nSPS) is 14.6. The van der Waals surface area contributed by atoms with Crippen molar-refractivity contribution in [2.75, 3.05) is 20.6 Å². The van der Waals surface area contributed by atoms with Crippen molar-refractivity contribution in [2.24, 2.45) is 5.73 Å². The van der Waals surface area contributed by atoms with Gasteiger partial charge in [0.1, 0.15) is 0 Å². The Morgan fingerprint density at radius 1 is 1.59 bits per heavy atom. The maximum Gasteiger partial charge on any atom is 0.236 e. The van der Waals surface area contributed by atoms with Gasteiger partial charge in [-0.15, -0.1) is 11.3 Å². The second-order valence-corrected chi connectivity index (χ2v) is 5.23. The van der Waals surface area contributed by atoms with Gasteiger partial charge in [0.25, 0.3) is 0 Å². The van der Waals surface area contributed by atoms with Crippen LogP contribution in [0.1, 0.15) is 24.3 Å². The molecular formula is C12H21N3OS. The van der Waals surface area contributed by atoms with Gasteiger partial charge in [0.05, 0.1) is 12.1 Å². The molecule has 0 aliphatic carbocycles. The maximum absolute atomic E-state index is 11.6. The Morgan fingerprint density at radius 3 is 2.76 bits per heavy atom. The van der Waals surface area contributed by atoms with Gasteiger partial charge < -0.3 is 16.0 Å². The van der Waals surface area contributed by atoms with Crippen molar-refractivity contribution in [2.45, 2.75) is 25.4 Å². The minimum absolute atomic E-state index is 0.0732. The van der Waals surface area contributed by atoms with Crippen LogP contribution in [0, 0.1) is 0 Å². The van der Waals surface area contributed by atoms with Gasteiger partial charge in [-0.05, 0) is 32.0 Å². The van der Waals surface area contributed by atoms with Gasteiger partial charge in [0.2, 0.25) is 5.91 Å². The van der Waals surface area contributed by atoms with E-state index in [2.05, 4.69) is 16.3 Å². The van der Waals surface area contributed by atoms with Crippen LogP contribution in [-0.4, -0.2) is 37.5 Å². The zero-order valence-corrected chi connectivity index (χ0v) is 11.5. The number of carbonyl (C=O) groups is 1. The lowest BCUT2D eigenvalue weighted by atomic mass is 10.2. The number of nitrogens with zero attached hydrogens (tertiary/aromatic N) is 1. The first-order valence-corrected chi connectivity index (χ1v) is 6.67. The number of hydrogen-bond acceptors (Lipinski definition) is 4. The van der Waals surface area contributed by atoms with E-state index >= 15 is 0 Å². The lowest BCUT2D eigenvalue weighted by molar-refractivity contribution is -0.122. The van der Waals surface area contributed by atoms with Gasteiger partial charge in [-0.1, -0.05) is 13.0 Å². The molecule has 0 aliphatic heterocycles. The van der Waals surface area contributed by atoms with Crippen LogP contribution in [0.4, 0.5) is 0 Å². The van der Waals surface area contributed by atoms with E-state index in [0.29, 0.717) is 13.0 Å². The number of rotatable bonds is 6. The van der Waals surface area contributed by atoms with E-state index in [9.17, 15) is 4.79 Å². The van der Waals surface area contributed by atoms with E-state index in [-0.39, 0.29) is 11.9 Å². The maximum atomic E-state index is 11.6. The summed E-state index contributed by atoms with van der Waals surface area (Å²) in [5, 5.41) is 4.95. The minimum atomic E-state index is -0.402. The molecule has 0 saturated carbocycles. The highest BCUT2D eigenvalue weighted by molar-refractivity contribution is 7.10. The molecule has 4 nitrogen and oxygen atoms in total. The van der Waals surface area contributed by atoms with E-state index < -0.39 is 6.04 Å². The standard InChI is InChI=1S/C12H21N3OS/c1-4-9(13)12(16)14-8-10(15(2)3)11-6-5-7-17-11/h5-7,9-10H,4,8,13H2,1-3H3,(H,14,16)/t9-,10?/m1/s1. The van der Waals surface area contributed by atoms with Gasteiger partial charge in [0.15, 0.2) is 0 Å². The van der Waals surface area contributed by atoms with Crippen molar-refractivity contribution in [3.05, 3.63) is 22.4 Å². The average molecular weight is 255 g/mol. The zero-order valence-electron chi connectivity index (χ0n) is 10.6. The summed E-state index contributed by atoms with van der Waals surface area (Å²) in [4.78, 5) is 15.0. The highest BCUT2D eigenvalue weighted by atomic mass is 32.1. The predicted octanol–water partition coefficient (Wildman–Crippen LogP) is 1.20. The first-order valence-electron chi connectivity index (χ1n) is 5.79. The molecule has 0 spiro atoms. The molecule has 1 aromatic heterocycles. The fraction of sp³-hybridized carbons (Fsp3) is 0.583. The summed E-state index contributed by atoms with van der Waals surface area (Å²) in [6.45, 7) is 2.51. The third-order valence-corrected chi connectivity index (χ3v) is 3.71. The van der Waals surface area contributed by atoms with Crippen LogP contribution >= 0.6 is 11.3 Å². The van der Waals surface area contributed by atoms with Gasteiger partial charge in [0, 0.05) is 11.4 Å². The second-order valence-electron chi connectivity index (χ2n) is 4.25. The van der Waals surface area contributed by atoms with E-state index in [1.807, 2.05) is 32.5 Å². The molecule has 1 aromatic rings. The summed E-state index contributed by atoms with van der Waals surface area (Å²) in [5.74, 6) is -0.0732. The van der Waals surface area contributed by atoms with Gasteiger partial charge in [-0.3, -0.25) is 4.79 Å². The molecule has 0 aliphatic rings. The Hall–Kier alpha value is -0.910. The minimum Gasteiger partial charge on any atom is -0.353 e. The summed E-state index contributed by atoms with van der Waals surface area (Å²) < 4.78 is 0. The molecule has 0 bridgehead atoms. The zero-order chi connectivity index (χ0) is 12.8. The lowest BCUT2D eigenvalue weighted by Crippen LogP contribution is -2.43. The van der Waals surface area contributed by atoms with Crippen LogP contribution in [0.15, 0.2) is 17.5 Å². The van der Waals surface area contributed by atoms with Crippen LogP contribution in [0.5, 0.6) is 0 Å². The summed E-state index contributed by atoms with van der Waals surface area (Å²) in [6.07, 6.45) is 0.664. The Labute approximate surface area is 107 Å². The Morgan fingerprint density at radius 2 is 2.29 bits per heavy atom. The Balaban J connectivity index is 2.55. The lowest BCUT2D eigenvalue weighted by Gasteiger charge is -2.24. The molecule has 17 heavy (non-hydrogen) atoms. The molecule has 1 amide bonds. The summed E-state index contributed by atoms with van der Waals surface area (Å²) in [7, 11) is 4.02. The number of likely N-dealkylation sites (N-methyl/N-ethyl adjacent to an activating group) is 1. The molecule has 2 atom stereocenters. The third kappa shape index (κ3) is 4.11. The molecule has 1 unspecified atom stereocenters. The number of nitrogens with one attached hydrogen (secondary N) is 1. The molecule has 0 aromatic carbocycles. The van der Waals surface area contributed by atoms with E-state index in [4.69, 9.17) is 5.73 Å². The molecular weight excluding hydrogens is 234 g/mol. The number of amides is 1. The summed E-state index contributed by atoms with van der Waals surface area (Å²) >= 11 is 1.70. The molecule has 0 fully saturated rings. The summed E-state index contributed by atoms with van der Waals surface area (Å²) in [6, 6.07) is 3.92. The second kappa shape index (κ2) is 6.74. The predicted molar refractivity (Wildman–Crippen MR) is 72.0 cm³/mol. The fourth-order valence-corrected chi connectivity index (χ4v) is 2.45. The fourth-order valence-electron chi connectivity index (χ4n) is 1.53. The number of carbonyl (C=O) groups excluding carboxylic acids is 1. The summed E-state index contributed by atoms with van der Waals surface area (Å²) in [5.41, 5.74) is 5.67. The molecule has 1 rings (SSSR count). The Bertz CT molecular complexity index is 338. The van der Waals surface area contributed by atoms with Gasteiger partial charge >= 0.3 is 0 Å². The monoisotopic (exact) mass is 255 g/mol. The molecule has 96 valence electrons. The largest absolute Gasteiger partial charge is 0.353 e. The van der Waals surface area contributed by atoms with Crippen molar-refractivity contribution in [1.29, 1.82) is 0 Å². The number of thiophene rings is 1. The molecule has 1 heterocycles. The third-order valence-electron chi connectivity index (χ3n) is 2.74. The average Bonchev–Trinajstić information content (AvgIpc) is 2.81. The van der Waals surface area contributed by atoms with Gasteiger partial charge in [-0.2, -0.15) is 0 Å². The van der Waals surface area contributed by atoms with Crippen LogP contribution in [0.2, 0.25) is 0 Å². The molecule has 0 saturated heterocycles. The Kier molecular flexibility index (Phi) is 5.61. The van der Waals surface area contributed by atoms with Crippen LogP contribution in [0.3, 0.4) is 0 Å². The van der Waals surface area contributed by atoms with Crippen molar-refractivity contribution in [1.82, 2.24) is 10.2 Å². The van der Waals surface area contributed by atoms with E-state index in [1.165, 1.54) is 4.88 Å². The molecule has 3 N–H and O–H groups in total. The van der Waals surface area contributed by atoms with Crippen LogP contribution in [0.25, 0.3) is 0 Å². The van der Waals surface area contributed by atoms with E-state index in [1.54, 1.807) is 11.3 Å². The highest BCUT2D eigenvalue weighted by Crippen LogP contribution is 2.22. The molecule has 0 radical (unpaired) electrons.